The molecule has 0 fully saturated rings. The Morgan fingerprint density at radius 2 is 1.73 bits per heavy atom. The predicted octanol–water partition coefficient (Wildman–Crippen LogP) is -4.42. The van der Waals surface area contributed by atoms with E-state index in [1.54, 1.807) is 0 Å². The van der Waals surface area contributed by atoms with E-state index in [2.05, 4.69) is 12.2 Å². The second kappa shape index (κ2) is 31.1. The number of carbonyl (C=O) groups excluding carboxylic acids is 1. The van der Waals surface area contributed by atoms with Gasteiger partial charge in [0.1, 0.15) is 6.79 Å². The molecule has 1 nitrogen and oxygen atoms in total. The van der Waals surface area contributed by atoms with Crippen molar-refractivity contribution in [3.63, 3.8) is 0 Å². The van der Waals surface area contributed by atoms with Crippen LogP contribution in [0.1, 0.15) is 6.42 Å². The molecule has 0 unspecified atom stereocenters. The van der Waals surface area contributed by atoms with Gasteiger partial charge in [0, 0.05) is 0 Å². The third-order valence-corrected chi connectivity index (χ3v) is 0.586. The van der Waals surface area contributed by atoms with Gasteiger partial charge >= 0.3 is 16.8 Å². The molecule has 1 rings (SSSR count). The molecule has 1 aliphatic carbocycles. The average molecular weight is 329 g/mol. The van der Waals surface area contributed by atoms with Crippen molar-refractivity contribution in [2.45, 2.75) is 6.42 Å². The summed E-state index contributed by atoms with van der Waals surface area (Å²) in [6.45, 7) is 2.00. The van der Waals surface area contributed by atoms with Crippen LogP contribution >= 0.6 is 0 Å². The Morgan fingerprint density at radius 3 is 1.82 bits per heavy atom. The Hall–Kier alpha value is 0.616. The number of allylic oxidation sites excluding steroid dienone is 4. The Bertz CT molecular complexity index is 84.4. The maximum atomic E-state index is 8.00. The van der Waals surface area contributed by atoms with Gasteiger partial charge in [-0.2, -0.15) is 6.08 Å². The third kappa shape index (κ3) is 25.0. The van der Waals surface area contributed by atoms with E-state index in [4.69, 9.17) is 4.79 Å². The molecule has 0 aliphatic heterocycles. The first-order valence-corrected chi connectivity index (χ1v) is 2.01. The van der Waals surface area contributed by atoms with Crippen LogP contribution in [0.5, 0.6) is 0 Å². The fraction of sp³-hybridized carbons (Fsp3) is 0.143. The summed E-state index contributed by atoms with van der Waals surface area (Å²) in [5.41, 5.74) is 0. The number of hydrogen-bond acceptors (Lipinski definition) is 1. The molecule has 0 bridgehead atoms. The fourth-order valence-corrected chi connectivity index (χ4v) is 0.340. The minimum Gasteiger partial charge on any atom is -1.00 e. The Morgan fingerprint density at radius 1 is 1.27 bits per heavy atom. The summed E-state index contributed by atoms with van der Waals surface area (Å²) >= 11 is 0. The summed E-state index contributed by atoms with van der Waals surface area (Å²) in [5.74, 6) is 0. The van der Waals surface area contributed by atoms with Crippen LogP contribution in [0.3, 0.4) is 0 Å². The van der Waals surface area contributed by atoms with Crippen LogP contribution in [-0.4, -0.2) is 6.79 Å². The second-order valence-electron chi connectivity index (χ2n) is 1.00. The number of rotatable bonds is 0. The van der Waals surface area contributed by atoms with E-state index in [1.165, 1.54) is 0 Å². The summed E-state index contributed by atoms with van der Waals surface area (Å²) in [7, 11) is 0. The summed E-state index contributed by atoms with van der Waals surface area (Å²) in [5, 5.41) is 0. The van der Waals surface area contributed by atoms with Crippen molar-refractivity contribution < 1.29 is 55.5 Å². The van der Waals surface area contributed by atoms with E-state index in [-0.39, 0.29) is 58.2 Å². The van der Waals surface area contributed by atoms with E-state index < -0.39 is 0 Å². The normalized spacial score (nSPS) is 8.36. The van der Waals surface area contributed by atoms with Crippen LogP contribution in [0, 0.1) is 13.5 Å². The molecule has 1 aliphatic rings. The first-order valence-electron chi connectivity index (χ1n) is 2.01. The van der Waals surface area contributed by atoms with E-state index in [9.17, 15) is 0 Å². The van der Waals surface area contributed by atoms with Crippen molar-refractivity contribution in [2.75, 3.05) is 0 Å². The molecule has 0 aromatic rings. The van der Waals surface area contributed by atoms with Crippen molar-refractivity contribution in [3.05, 3.63) is 31.7 Å². The Balaban J connectivity index is -0.0000000189. The predicted molar refractivity (Wildman–Crippen MR) is 35.1 cm³/mol. The van der Waals surface area contributed by atoms with Crippen molar-refractivity contribution in [2.24, 2.45) is 0 Å². The monoisotopic (exact) mass is 327 g/mol. The zero-order valence-corrected chi connectivity index (χ0v) is 10.4. The zero-order chi connectivity index (χ0) is 5.54. The molecular weight excluding hydrogens is 319 g/mol. The van der Waals surface area contributed by atoms with Crippen LogP contribution in [0.4, 0.5) is 0 Å². The minimum absolute atomic E-state index is 0. The number of hydrogen-bond donors (Lipinski definition) is 0. The summed E-state index contributed by atoms with van der Waals surface area (Å²) in [6, 6.07) is 0. The van der Waals surface area contributed by atoms with Gasteiger partial charge in [-0.3, -0.25) is 6.08 Å². The first kappa shape index (κ1) is 29.9. The van der Waals surface area contributed by atoms with E-state index >= 15 is 0 Å². The molecule has 0 heterocycles. The van der Waals surface area contributed by atoms with Crippen molar-refractivity contribution in [3.8, 4) is 0 Å². The van der Waals surface area contributed by atoms with E-state index in [0.717, 1.165) is 6.42 Å². The molecule has 0 aromatic heterocycles. The van der Waals surface area contributed by atoms with Crippen molar-refractivity contribution in [1.82, 2.24) is 0 Å². The summed E-state index contributed by atoms with van der Waals surface area (Å²) in [6.07, 6.45) is 10.0. The molecule has 0 aromatic carbocycles. The third-order valence-electron chi connectivity index (χ3n) is 0.586. The standard InChI is InChI=1S/C5H5.CH2O.CH3.2BrH.Co/c1-2-4-5-3-1;1-2;;;;/h1-3H,4H2;1H2;1H3;2*1H;/q-1;;-1;;;+2/p-2. The van der Waals surface area contributed by atoms with Gasteiger partial charge < -0.3 is 46.2 Å². The average Bonchev–Trinajstić information content (AvgIpc) is 2.23. The van der Waals surface area contributed by atoms with Crippen LogP contribution in [-0.2, 0) is 21.6 Å². The number of carbonyl (C=O) groups is 1. The largest absolute Gasteiger partial charge is 2.00 e. The quantitative estimate of drug-likeness (QED) is 0.410. The van der Waals surface area contributed by atoms with Crippen LogP contribution in [0.25, 0.3) is 0 Å². The fourth-order valence-electron chi connectivity index (χ4n) is 0.340. The molecule has 0 atom stereocenters. The topological polar surface area (TPSA) is 17.1 Å². The molecule has 4 heteroatoms. The second-order valence-corrected chi connectivity index (χ2v) is 1.00. The van der Waals surface area contributed by atoms with Crippen LogP contribution in [0.15, 0.2) is 18.2 Å². The van der Waals surface area contributed by atoms with Crippen LogP contribution in [0.2, 0.25) is 0 Å². The SMILES string of the molecule is C=O.[Br-].[Br-].[C-]1=CC=CC1.[CH3-].[Co+2]. The molecule has 1 radical (unpaired) electrons. The summed E-state index contributed by atoms with van der Waals surface area (Å²) in [4.78, 5) is 8.00. The maximum Gasteiger partial charge on any atom is 2.00 e. The van der Waals surface area contributed by atoms with Gasteiger partial charge in [0.2, 0.25) is 0 Å². The molecule has 0 amide bonds. The van der Waals surface area contributed by atoms with Gasteiger partial charge in [0.15, 0.2) is 0 Å². The minimum atomic E-state index is 0. The van der Waals surface area contributed by atoms with E-state index in [1.807, 2.05) is 18.9 Å². The van der Waals surface area contributed by atoms with E-state index in [0.29, 0.717) is 0 Å². The van der Waals surface area contributed by atoms with Crippen molar-refractivity contribution >= 4 is 6.79 Å². The maximum absolute atomic E-state index is 8.00. The molecule has 0 saturated heterocycles. The molecule has 0 saturated carbocycles. The van der Waals surface area contributed by atoms with Gasteiger partial charge in [0.05, 0.1) is 0 Å². The zero-order valence-electron chi connectivity index (χ0n) is 6.14. The number of halogens is 2. The molecule has 11 heavy (non-hydrogen) atoms. The Labute approximate surface area is 100 Å². The Kier molecular flexibility index (Phi) is 84.6. The first-order chi connectivity index (χ1) is 3.50. The van der Waals surface area contributed by atoms with Crippen LogP contribution < -0.4 is 34.0 Å². The molecule has 0 spiro atoms. The smallest absolute Gasteiger partial charge is 1.00 e. The van der Waals surface area contributed by atoms with Gasteiger partial charge in [-0.15, -0.1) is 6.42 Å². The molecule has 69 valence electrons. The van der Waals surface area contributed by atoms with Gasteiger partial charge in [-0.25, -0.2) is 12.2 Å². The van der Waals surface area contributed by atoms with Crippen molar-refractivity contribution in [1.29, 1.82) is 0 Å². The summed E-state index contributed by atoms with van der Waals surface area (Å²) < 4.78 is 0. The molecular formula is C7H10Br2CoO-2. The van der Waals surface area contributed by atoms with Gasteiger partial charge in [0.25, 0.3) is 0 Å². The van der Waals surface area contributed by atoms with Gasteiger partial charge in [-0.05, 0) is 0 Å². The van der Waals surface area contributed by atoms with Gasteiger partial charge in [-0.1, -0.05) is 0 Å². The molecule has 0 N–H and O–H groups in total.